The second kappa shape index (κ2) is 6.85. The summed E-state index contributed by atoms with van der Waals surface area (Å²) in [7, 11) is -1.19. The number of hydrogen-bond donors (Lipinski definition) is 2. The van der Waals surface area contributed by atoms with Crippen LogP contribution in [0.3, 0.4) is 0 Å². The van der Waals surface area contributed by atoms with Gasteiger partial charge in [0.1, 0.15) is 27.3 Å². The molecular formula is C12H23N5O2S. The Balaban J connectivity index is 3.05. The predicted molar refractivity (Wildman–Crippen MR) is 81.6 cm³/mol. The molecule has 0 bridgehead atoms. The van der Waals surface area contributed by atoms with E-state index >= 15 is 0 Å². The van der Waals surface area contributed by atoms with Gasteiger partial charge in [0.2, 0.25) is 0 Å². The summed E-state index contributed by atoms with van der Waals surface area (Å²) in [6.45, 7) is 4.29. The van der Waals surface area contributed by atoms with Crippen LogP contribution in [0.4, 0.5) is 11.6 Å². The molecule has 114 valence electrons. The molecule has 0 aliphatic carbocycles. The number of hydrazine groups is 1. The molecule has 0 amide bonds. The third kappa shape index (κ3) is 4.61. The van der Waals surface area contributed by atoms with Gasteiger partial charge in [-0.05, 0) is 13.3 Å². The highest BCUT2D eigenvalue weighted by Crippen LogP contribution is 2.22. The maximum atomic E-state index is 11.3. The van der Waals surface area contributed by atoms with Gasteiger partial charge in [0, 0.05) is 31.8 Å². The highest BCUT2D eigenvalue weighted by molar-refractivity contribution is 7.90. The minimum Gasteiger partial charge on any atom is -0.358 e. The first kappa shape index (κ1) is 16.6. The zero-order valence-electron chi connectivity index (χ0n) is 12.5. The molecule has 0 aliphatic rings. The molecule has 7 nitrogen and oxygen atoms in total. The summed E-state index contributed by atoms with van der Waals surface area (Å²) in [5.74, 6) is 7.54. The summed E-state index contributed by atoms with van der Waals surface area (Å²) in [4.78, 5) is 10.7. The largest absolute Gasteiger partial charge is 0.358 e. The van der Waals surface area contributed by atoms with Crippen molar-refractivity contribution in [2.45, 2.75) is 26.7 Å². The molecule has 0 atom stereocenters. The van der Waals surface area contributed by atoms with Gasteiger partial charge in [-0.2, -0.15) is 0 Å². The van der Waals surface area contributed by atoms with Gasteiger partial charge < -0.3 is 10.3 Å². The van der Waals surface area contributed by atoms with Gasteiger partial charge in [0.15, 0.2) is 0 Å². The number of nitrogens with one attached hydrogen (secondary N) is 1. The van der Waals surface area contributed by atoms with Gasteiger partial charge >= 0.3 is 0 Å². The Morgan fingerprint density at radius 3 is 2.50 bits per heavy atom. The van der Waals surface area contributed by atoms with Crippen LogP contribution in [0.5, 0.6) is 0 Å². The van der Waals surface area contributed by atoms with Gasteiger partial charge in [-0.15, -0.1) is 0 Å². The van der Waals surface area contributed by atoms with Crippen molar-refractivity contribution < 1.29 is 8.42 Å². The minimum atomic E-state index is -3.00. The second-order valence-corrected chi connectivity index (χ2v) is 7.14. The van der Waals surface area contributed by atoms with E-state index in [0.29, 0.717) is 24.0 Å². The van der Waals surface area contributed by atoms with Crippen LogP contribution in [0.2, 0.25) is 0 Å². The van der Waals surface area contributed by atoms with Crippen LogP contribution >= 0.6 is 0 Å². The zero-order valence-corrected chi connectivity index (χ0v) is 13.3. The molecule has 1 aromatic heterocycles. The Hall–Kier alpha value is -1.41. The van der Waals surface area contributed by atoms with E-state index in [1.807, 2.05) is 25.8 Å². The molecule has 0 saturated carbocycles. The lowest BCUT2D eigenvalue weighted by atomic mass is 10.2. The summed E-state index contributed by atoms with van der Waals surface area (Å²) in [6.07, 6.45) is 2.91. The Bertz CT molecular complexity index is 559. The Kier molecular flexibility index (Phi) is 5.70. The van der Waals surface area contributed by atoms with Gasteiger partial charge in [-0.25, -0.2) is 24.2 Å². The van der Waals surface area contributed by atoms with Gasteiger partial charge in [0.05, 0.1) is 5.75 Å². The van der Waals surface area contributed by atoms with Crippen LogP contribution in [0.25, 0.3) is 0 Å². The molecule has 0 aromatic carbocycles. The average molecular weight is 301 g/mol. The maximum absolute atomic E-state index is 11.3. The van der Waals surface area contributed by atoms with Gasteiger partial charge in [-0.3, -0.25) is 0 Å². The quantitative estimate of drug-likeness (QED) is 0.558. The number of sulfone groups is 1. The molecule has 0 aliphatic heterocycles. The molecule has 0 spiro atoms. The lowest BCUT2D eigenvalue weighted by molar-refractivity contribution is 0.601. The number of hydrogen-bond acceptors (Lipinski definition) is 7. The van der Waals surface area contributed by atoms with E-state index in [0.717, 1.165) is 18.4 Å². The summed E-state index contributed by atoms with van der Waals surface area (Å²) in [6, 6.07) is 0. The monoisotopic (exact) mass is 301 g/mol. The number of nitrogens with two attached hydrogens (primary N) is 1. The van der Waals surface area contributed by atoms with E-state index < -0.39 is 9.84 Å². The number of aryl methyl sites for hydroxylation is 1. The third-order valence-electron chi connectivity index (χ3n) is 2.94. The molecule has 20 heavy (non-hydrogen) atoms. The lowest BCUT2D eigenvalue weighted by Gasteiger charge is -2.21. The van der Waals surface area contributed by atoms with Crippen molar-refractivity contribution in [1.29, 1.82) is 0 Å². The molecule has 0 saturated heterocycles. The summed E-state index contributed by atoms with van der Waals surface area (Å²) in [5, 5.41) is 0. The fraction of sp³-hybridized carbons (Fsp3) is 0.667. The molecule has 1 aromatic rings. The smallest absolute Gasteiger partial charge is 0.149 e. The zero-order chi connectivity index (χ0) is 15.3. The summed E-state index contributed by atoms with van der Waals surface area (Å²) < 4.78 is 22.5. The first-order valence-corrected chi connectivity index (χ1v) is 8.57. The highest BCUT2D eigenvalue weighted by Gasteiger charge is 2.15. The first-order valence-electron chi connectivity index (χ1n) is 6.51. The van der Waals surface area contributed by atoms with Crippen molar-refractivity contribution >= 4 is 21.5 Å². The van der Waals surface area contributed by atoms with Crippen LogP contribution in [0, 0.1) is 6.92 Å². The number of rotatable bonds is 7. The van der Waals surface area contributed by atoms with Crippen molar-refractivity contribution in [1.82, 2.24) is 9.97 Å². The van der Waals surface area contributed by atoms with E-state index in [2.05, 4.69) is 15.4 Å². The fourth-order valence-electron chi connectivity index (χ4n) is 1.81. The predicted octanol–water partition coefficient (Wildman–Crippen LogP) is 0.504. The van der Waals surface area contributed by atoms with E-state index in [1.165, 1.54) is 6.26 Å². The molecule has 0 fully saturated rings. The molecule has 1 heterocycles. The molecule has 1 rings (SSSR count). The van der Waals surface area contributed by atoms with Crippen LogP contribution in [-0.4, -0.2) is 44.0 Å². The molecule has 3 N–H and O–H groups in total. The van der Waals surface area contributed by atoms with Crippen molar-refractivity contribution in [2.24, 2.45) is 5.84 Å². The van der Waals surface area contributed by atoms with Crippen LogP contribution < -0.4 is 16.2 Å². The van der Waals surface area contributed by atoms with E-state index in [9.17, 15) is 8.42 Å². The lowest BCUT2D eigenvalue weighted by Crippen LogP contribution is -2.27. The molecule has 0 unspecified atom stereocenters. The van der Waals surface area contributed by atoms with E-state index in [-0.39, 0.29) is 5.75 Å². The molecule has 8 heteroatoms. The Morgan fingerprint density at radius 2 is 2.00 bits per heavy atom. The second-order valence-electron chi connectivity index (χ2n) is 4.88. The first-order chi connectivity index (χ1) is 9.28. The van der Waals surface area contributed by atoms with Crippen molar-refractivity contribution in [3.8, 4) is 0 Å². The number of nitrogen functional groups attached to an aromatic ring is 1. The van der Waals surface area contributed by atoms with Crippen LogP contribution in [0.15, 0.2) is 0 Å². The Morgan fingerprint density at radius 1 is 1.35 bits per heavy atom. The van der Waals surface area contributed by atoms with Gasteiger partial charge in [0.25, 0.3) is 0 Å². The molecular weight excluding hydrogens is 278 g/mol. The van der Waals surface area contributed by atoms with Gasteiger partial charge in [-0.1, -0.05) is 6.92 Å². The molecule has 0 radical (unpaired) electrons. The van der Waals surface area contributed by atoms with Crippen LogP contribution in [-0.2, 0) is 16.3 Å². The average Bonchev–Trinajstić information content (AvgIpc) is 2.37. The topological polar surface area (TPSA) is 101 Å². The van der Waals surface area contributed by atoms with Crippen LogP contribution in [0.1, 0.15) is 24.7 Å². The Labute approximate surface area is 120 Å². The van der Waals surface area contributed by atoms with Crippen molar-refractivity contribution in [3.05, 3.63) is 11.4 Å². The fourth-order valence-corrected chi connectivity index (χ4v) is 2.41. The maximum Gasteiger partial charge on any atom is 0.149 e. The van der Waals surface area contributed by atoms with E-state index in [1.54, 1.807) is 0 Å². The standard InChI is InChI=1S/C12H23N5O2S/c1-5-6-10-14-11(16-13)9(2)12(15-10)17(3)7-8-20(4,18)19/h5-8,13H2,1-4H3,(H,14,15,16). The summed E-state index contributed by atoms with van der Waals surface area (Å²) in [5.41, 5.74) is 3.37. The number of anilines is 2. The van der Waals surface area contributed by atoms with Crippen molar-refractivity contribution in [3.63, 3.8) is 0 Å². The third-order valence-corrected chi connectivity index (χ3v) is 3.86. The number of aromatic nitrogens is 2. The minimum absolute atomic E-state index is 0.0848. The van der Waals surface area contributed by atoms with Crippen molar-refractivity contribution in [2.75, 3.05) is 35.9 Å². The highest BCUT2D eigenvalue weighted by atomic mass is 32.2. The van der Waals surface area contributed by atoms with E-state index in [4.69, 9.17) is 5.84 Å². The number of nitrogens with zero attached hydrogens (tertiary/aromatic N) is 3. The SMILES string of the molecule is CCCc1nc(NN)c(C)c(N(C)CCS(C)(=O)=O)n1. The summed E-state index contributed by atoms with van der Waals surface area (Å²) >= 11 is 0. The normalized spacial score (nSPS) is 11.4.